The number of hydrogen-bond acceptors (Lipinski definition) is 8. The standard InChI is InChI=1S/C14H16ClN3O6/c1-4-23-14(20)12(18(21)22)17-16-9-5-6-11(15)10(7-9)13(19)24-8(2)3/h5-8,16H,4H2,1-3H3/b17-12+. The van der Waals surface area contributed by atoms with Gasteiger partial charge in [-0.05, 0) is 43.9 Å². The predicted molar refractivity (Wildman–Crippen MR) is 86.7 cm³/mol. The number of nitrogens with zero attached hydrogens (tertiary/aromatic N) is 2. The molecule has 0 unspecified atom stereocenters. The highest BCUT2D eigenvalue weighted by atomic mass is 35.5. The monoisotopic (exact) mass is 357 g/mol. The molecule has 1 N–H and O–H groups in total. The van der Waals surface area contributed by atoms with Crippen molar-refractivity contribution >= 4 is 35.1 Å². The van der Waals surface area contributed by atoms with E-state index in [2.05, 4.69) is 15.3 Å². The van der Waals surface area contributed by atoms with Gasteiger partial charge in [-0.15, -0.1) is 0 Å². The van der Waals surface area contributed by atoms with Crippen LogP contribution in [0.2, 0.25) is 5.02 Å². The van der Waals surface area contributed by atoms with Crippen molar-refractivity contribution in [1.29, 1.82) is 0 Å². The van der Waals surface area contributed by atoms with E-state index in [9.17, 15) is 19.7 Å². The molecule has 1 aromatic carbocycles. The molecule has 24 heavy (non-hydrogen) atoms. The largest absolute Gasteiger partial charge is 0.473 e. The topological polar surface area (TPSA) is 120 Å². The van der Waals surface area contributed by atoms with Crippen LogP contribution in [0, 0.1) is 10.1 Å². The van der Waals surface area contributed by atoms with Crippen molar-refractivity contribution in [2.75, 3.05) is 12.0 Å². The van der Waals surface area contributed by atoms with Gasteiger partial charge in [-0.1, -0.05) is 11.6 Å². The molecule has 1 aromatic rings. The van der Waals surface area contributed by atoms with Crippen LogP contribution in [-0.4, -0.2) is 35.4 Å². The molecule has 1 rings (SSSR count). The van der Waals surface area contributed by atoms with Crippen LogP contribution < -0.4 is 5.43 Å². The van der Waals surface area contributed by atoms with Crippen molar-refractivity contribution in [3.63, 3.8) is 0 Å². The number of nitrogens with one attached hydrogen (secondary N) is 1. The lowest BCUT2D eigenvalue weighted by atomic mass is 10.2. The van der Waals surface area contributed by atoms with E-state index in [1.807, 2.05) is 0 Å². The van der Waals surface area contributed by atoms with E-state index in [0.717, 1.165) is 0 Å². The van der Waals surface area contributed by atoms with Crippen LogP contribution in [0.3, 0.4) is 0 Å². The highest BCUT2D eigenvalue weighted by Gasteiger charge is 2.26. The molecule has 0 aliphatic carbocycles. The van der Waals surface area contributed by atoms with Crippen LogP contribution in [0.4, 0.5) is 5.69 Å². The number of carbonyl (C=O) groups is 2. The Kier molecular flexibility index (Phi) is 7.12. The van der Waals surface area contributed by atoms with Crippen molar-refractivity contribution in [1.82, 2.24) is 0 Å². The Hall–Kier alpha value is -2.68. The number of hydrogen-bond donors (Lipinski definition) is 1. The molecule has 0 aromatic heterocycles. The Balaban J connectivity index is 3.02. The normalized spacial score (nSPS) is 11.1. The van der Waals surface area contributed by atoms with Gasteiger partial charge in [0.2, 0.25) is 0 Å². The summed E-state index contributed by atoms with van der Waals surface area (Å²) in [5.74, 6) is -2.84. The number of hydrazone groups is 1. The van der Waals surface area contributed by atoms with Crippen LogP contribution in [0.25, 0.3) is 0 Å². The summed E-state index contributed by atoms with van der Waals surface area (Å²) in [6.07, 6.45) is -0.340. The zero-order valence-electron chi connectivity index (χ0n) is 13.2. The average Bonchev–Trinajstić information content (AvgIpc) is 2.48. The second-order valence-electron chi connectivity index (χ2n) is 4.67. The van der Waals surface area contributed by atoms with Crippen LogP contribution in [0.15, 0.2) is 23.3 Å². The molecule has 0 saturated heterocycles. The SMILES string of the molecule is CCOC(=O)/C(=N\Nc1ccc(Cl)c(C(=O)OC(C)C)c1)[N+](=O)[O-]. The number of carbonyl (C=O) groups excluding carboxylic acids is 2. The molecule has 0 fully saturated rings. The molecule has 0 spiro atoms. The average molecular weight is 358 g/mol. The molecule has 0 aliphatic heterocycles. The van der Waals surface area contributed by atoms with E-state index in [1.165, 1.54) is 25.1 Å². The van der Waals surface area contributed by atoms with Gasteiger partial charge in [0.05, 0.1) is 34.1 Å². The van der Waals surface area contributed by atoms with Gasteiger partial charge in [0.1, 0.15) is 0 Å². The van der Waals surface area contributed by atoms with E-state index < -0.39 is 22.7 Å². The number of ether oxygens (including phenoxy) is 2. The summed E-state index contributed by atoms with van der Waals surface area (Å²) < 4.78 is 9.57. The lowest BCUT2D eigenvalue weighted by Crippen LogP contribution is -2.26. The maximum Gasteiger partial charge on any atom is 0.473 e. The lowest BCUT2D eigenvalue weighted by molar-refractivity contribution is -0.350. The molecule has 0 saturated carbocycles. The number of benzene rings is 1. The van der Waals surface area contributed by atoms with Gasteiger partial charge in [-0.2, -0.15) is 5.43 Å². The number of halogens is 1. The first kappa shape index (κ1) is 19.4. The summed E-state index contributed by atoms with van der Waals surface area (Å²) in [4.78, 5) is 33.2. The Morgan fingerprint density at radius 2 is 2.08 bits per heavy atom. The minimum absolute atomic E-state index is 0.0299. The Bertz CT molecular complexity index is 674. The molecule has 0 aliphatic rings. The van der Waals surface area contributed by atoms with Crippen molar-refractivity contribution < 1.29 is 24.0 Å². The smallest absolute Gasteiger partial charge is 0.459 e. The molecular weight excluding hydrogens is 342 g/mol. The first-order valence-corrected chi connectivity index (χ1v) is 7.29. The lowest BCUT2D eigenvalue weighted by Gasteiger charge is -2.09. The van der Waals surface area contributed by atoms with Crippen molar-refractivity contribution in [3.8, 4) is 0 Å². The van der Waals surface area contributed by atoms with Gasteiger partial charge in [0.25, 0.3) is 0 Å². The second-order valence-corrected chi connectivity index (χ2v) is 5.08. The molecule has 0 amide bonds. The first-order valence-electron chi connectivity index (χ1n) is 6.92. The van der Waals surface area contributed by atoms with Gasteiger partial charge in [0, 0.05) is 0 Å². The third kappa shape index (κ3) is 5.51. The van der Waals surface area contributed by atoms with Gasteiger partial charge in [0.15, 0.2) is 0 Å². The summed E-state index contributed by atoms with van der Waals surface area (Å²) in [6, 6.07) is 4.13. The Morgan fingerprint density at radius 3 is 2.62 bits per heavy atom. The molecule has 10 heteroatoms. The number of rotatable bonds is 5. The van der Waals surface area contributed by atoms with E-state index in [1.54, 1.807) is 13.8 Å². The van der Waals surface area contributed by atoms with Gasteiger partial charge in [-0.25, -0.2) is 9.59 Å². The van der Waals surface area contributed by atoms with Gasteiger partial charge >= 0.3 is 17.8 Å². The molecular formula is C14H16ClN3O6. The molecule has 0 atom stereocenters. The van der Waals surface area contributed by atoms with Gasteiger partial charge < -0.3 is 19.6 Å². The first-order chi connectivity index (χ1) is 11.3. The quantitative estimate of drug-likeness (QED) is 0.282. The zero-order chi connectivity index (χ0) is 18.3. The van der Waals surface area contributed by atoms with Crippen LogP contribution in [0.5, 0.6) is 0 Å². The number of amidine groups is 1. The minimum atomic E-state index is -1.18. The van der Waals surface area contributed by atoms with Crippen molar-refractivity contribution in [2.24, 2.45) is 5.10 Å². The van der Waals surface area contributed by atoms with E-state index >= 15 is 0 Å². The Labute approximate surface area is 142 Å². The third-order valence-electron chi connectivity index (χ3n) is 2.45. The highest BCUT2D eigenvalue weighted by molar-refractivity contribution is 6.33. The fourth-order valence-corrected chi connectivity index (χ4v) is 1.70. The third-order valence-corrected chi connectivity index (χ3v) is 2.78. The zero-order valence-corrected chi connectivity index (χ0v) is 14.0. The molecule has 9 nitrogen and oxygen atoms in total. The summed E-state index contributed by atoms with van der Waals surface area (Å²) in [6.45, 7) is 4.84. The van der Waals surface area contributed by atoms with Crippen molar-refractivity contribution in [3.05, 3.63) is 38.9 Å². The van der Waals surface area contributed by atoms with Gasteiger partial charge in [-0.3, -0.25) is 0 Å². The second kappa shape index (κ2) is 8.82. The van der Waals surface area contributed by atoms with Crippen molar-refractivity contribution in [2.45, 2.75) is 26.9 Å². The Morgan fingerprint density at radius 1 is 1.42 bits per heavy atom. The maximum atomic E-state index is 11.9. The summed E-state index contributed by atoms with van der Waals surface area (Å²) in [7, 11) is 0. The van der Waals surface area contributed by atoms with Crippen LogP contribution in [-0.2, 0) is 14.3 Å². The molecule has 0 radical (unpaired) electrons. The fraction of sp³-hybridized carbons (Fsp3) is 0.357. The number of esters is 2. The van der Waals surface area contributed by atoms with Crippen LogP contribution in [0.1, 0.15) is 31.1 Å². The van der Waals surface area contributed by atoms with E-state index in [-0.39, 0.29) is 29.0 Å². The molecule has 0 heterocycles. The van der Waals surface area contributed by atoms with E-state index in [0.29, 0.717) is 0 Å². The predicted octanol–water partition coefficient (Wildman–Crippen LogP) is 2.47. The van der Waals surface area contributed by atoms with Crippen LogP contribution >= 0.6 is 11.6 Å². The fourth-order valence-electron chi connectivity index (χ4n) is 1.50. The summed E-state index contributed by atoms with van der Waals surface area (Å²) in [5, 5.41) is 14.4. The maximum absolute atomic E-state index is 11.9. The minimum Gasteiger partial charge on any atom is -0.459 e. The van der Waals surface area contributed by atoms with E-state index in [4.69, 9.17) is 16.3 Å². The summed E-state index contributed by atoms with van der Waals surface area (Å²) >= 11 is 5.93. The summed E-state index contributed by atoms with van der Waals surface area (Å²) in [5.41, 5.74) is 2.59. The number of anilines is 1. The highest BCUT2D eigenvalue weighted by Crippen LogP contribution is 2.22. The molecule has 0 bridgehead atoms. The molecule has 130 valence electrons. The number of nitro groups is 1.